The van der Waals surface area contributed by atoms with Gasteiger partial charge in [-0.1, -0.05) is 23.2 Å². The number of carbonyl (C=O) groups is 1. The van der Waals surface area contributed by atoms with Gasteiger partial charge in [0.25, 0.3) is 0 Å². The van der Waals surface area contributed by atoms with Crippen molar-refractivity contribution in [2.24, 2.45) is 0 Å². The average Bonchev–Trinajstić information content (AvgIpc) is 2.29. The molecule has 0 spiro atoms. The molecule has 2 N–H and O–H groups in total. The zero-order valence-electron chi connectivity index (χ0n) is 9.56. The van der Waals surface area contributed by atoms with Crippen molar-refractivity contribution in [3.63, 3.8) is 0 Å². The first-order valence-corrected chi connectivity index (χ1v) is 5.94. The number of halogens is 5. The molecule has 0 fully saturated rings. The van der Waals surface area contributed by atoms with Crippen LogP contribution in [0, 0.1) is 0 Å². The summed E-state index contributed by atoms with van der Waals surface area (Å²) in [5, 5.41) is 0.180. The van der Waals surface area contributed by atoms with Gasteiger partial charge in [-0.25, -0.2) is 4.79 Å². The molecule has 19 heavy (non-hydrogen) atoms. The number of ether oxygens (including phenoxy) is 1. The summed E-state index contributed by atoms with van der Waals surface area (Å²) >= 11 is 11.4. The van der Waals surface area contributed by atoms with E-state index in [0.29, 0.717) is 0 Å². The second kappa shape index (κ2) is 6.34. The quantitative estimate of drug-likeness (QED) is 0.517. The molecule has 1 rings (SSSR count). The largest absolute Gasteiger partial charge is 0.462 e. The number of nitrogen functional groups attached to an aromatic ring is 1. The lowest BCUT2D eigenvalue weighted by molar-refractivity contribution is -0.137. The van der Waals surface area contributed by atoms with Crippen molar-refractivity contribution in [3.8, 4) is 0 Å². The Bertz CT molecular complexity index is 454. The second-order valence-corrected chi connectivity index (χ2v) is 4.50. The predicted molar refractivity (Wildman–Crippen MR) is 66.4 cm³/mol. The van der Waals surface area contributed by atoms with E-state index in [9.17, 15) is 18.0 Å². The van der Waals surface area contributed by atoms with E-state index in [1.165, 1.54) is 12.1 Å². The fourth-order valence-corrected chi connectivity index (χ4v) is 1.58. The zero-order chi connectivity index (χ0) is 14.6. The molecule has 3 nitrogen and oxygen atoms in total. The smallest absolute Gasteiger partial charge is 0.389 e. The van der Waals surface area contributed by atoms with Crippen LogP contribution in [0.5, 0.6) is 0 Å². The highest BCUT2D eigenvalue weighted by atomic mass is 35.5. The van der Waals surface area contributed by atoms with E-state index in [1.807, 2.05) is 0 Å². The Balaban J connectivity index is 2.55. The molecule has 8 heteroatoms. The van der Waals surface area contributed by atoms with Crippen LogP contribution in [-0.2, 0) is 4.74 Å². The van der Waals surface area contributed by atoms with E-state index >= 15 is 0 Å². The van der Waals surface area contributed by atoms with Crippen LogP contribution >= 0.6 is 23.2 Å². The molecular formula is C11H10Cl2F3NO2. The van der Waals surface area contributed by atoms with Crippen molar-refractivity contribution >= 4 is 34.9 Å². The van der Waals surface area contributed by atoms with Crippen LogP contribution in [0.15, 0.2) is 12.1 Å². The number of anilines is 1. The number of hydrogen-bond acceptors (Lipinski definition) is 3. The molecule has 106 valence electrons. The summed E-state index contributed by atoms with van der Waals surface area (Å²) in [5.41, 5.74) is 5.63. The standard InChI is InChI=1S/C11H10Cl2F3NO2/c12-7-4-6(5-8(17)9(7)13)10(18)19-3-1-2-11(14,15)16/h4-5H,1-3,17H2. The van der Waals surface area contributed by atoms with Gasteiger partial charge in [-0.2, -0.15) is 13.2 Å². The molecule has 0 aliphatic rings. The van der Waals surface area contributed by atoms with Gasteiger partial charge in [0.15, 0.2) is 0 Å². The van der Waals surface area contributed by atoms with Crippen molar-refractivity contribution in [2.75, 3.05) is 12.3 Å². The zero-order valence-corrected chi connectivity index (χ0v) is 11.1. The van der Waals surface area contributed by atoms with Gasteiger partial charge < -0.3 is 10.5 Å². The van der Waals surface area contributed by atoms with Crippen molar-refractivity contribution in [3.05, 3.63) is 27.7 Å². The van der Waals surface area contributed by atoms with Crippen LogP contribution in [0.2, 0.25) is 10.0 Å². The average molecular weight is 316 g/mol. The van der Waals surface area contributed by atoms with Gasteiger partial charge in [-0.15, -0.1) is 0 Å². The van der Waals surface area contributed by atoms with E-state index in [-0.39, 0.29) is 34.3 Å². The van der Waals surface area contributed by atoms with Gasteiger partial charge in [-0.3, -0.25) is 0 Å². The number of esters is 1. The molecule has 0 aliphatic heterocycles. The summed E-state index contributed by atoms with van der Waals surface area (Å²) in [6.45, 7) is -0.335. The van der Waals surface area contributed by atoms with Gasteiger partial charge in [0.2, 0.25) is 0 Å². The number of rotatable bonds is 4. The third-order valence-electron chi connectivity index (χ3n) is 2.13. The molecule has 0 atom stereocenters. The van der Waals surface area contributed by atoms with E-state index in [4.69, 9.17) is 28.9 Å². The summed E-state index contributed by atoms with van der Waals surface area (Å²) in [6, 6.07) is 2.49. The van der Waals surface area contributed by atoms with Gasteiger partial charge in [-0.05, 0) is 18.6 Å². The van der Waals surface area contributed by atoms with Gasteiger partial charge in [0.05, 0.1) is 27.9 Å². The summed E-state index contributed by atoms with van der Waals surface area (Å²) in [7, 11) is 0. The fourth-order valence-electron chi connectivity index (χ4n) is 1.25. The Kier molecular flexibility index (Phi) is 5.31. The van der Waals surface area contributed by atoms with Crippen molar-refractivity contribution in [2.45, 2.75) is 19.0 Å². The van der Waals surface area contributed by atoms with Crippen LogP contribution < -0.4 is 5.73 Å². The lowest BCUT2D eigenvalue weighted by Gasteiger charge is -2.08. The van der Waals surface area contributed by atoms with E-state index in [2.05, 4.69) is 4.74 Å². The number of alkyl halides is 3. The number of benzene rings is 1. The molecule has 1 aromatic rings. The van der Waals surface area contributed by atoms with Crippen LogP contribution in [0.25, 0.3) is 0 Å². The molecule has 0 unspecified atom stereocenters. The Labute approximate surface area is 117 Å². The highest BCUT2D eigenvalue weighted by Crippen LogP contribution is 2.29. The number of carbonyl (C=O) groups excluding carboxylic acids is 1. The third-order valence-corrected chi connectivity index (χ3v) is 2.95. The predicted octanol–water partition coefficient (Wildman–Crippen LogP) is 4.07. The van der Waals surface area contributed by atoms with Crippen LogP contribution in [0.1, 0.15) is 23.2 Å². The Morgan fingerprint density at radius 3 is 2.47 bits per heavy atom. The SMILES string of the molecule is Nc1cc(C(=O)OCCCC(F)(F)F)cc(Cl)c1Cl. The molecule has 0 heterocycles. The second-order valence-electron chi connectivity index (χ2n) is 3.72. The molecule has 0 saturated heterocycles. The summed E-state index contributed by atoms with van der Waals surface area (Å²) < 4.78 is 40.3. The maximum atomic E-state index is 11.9. The monoisotopic (exact) mass is 315 g/mol. The van der Waals surface area contributed by atoms with Crippen molar-refractivity contribution in [1.82, 2.24) is 0 Å². The normalized spacial score (nSPS) is 11.4. The van der Waals surface area contributed by atoms with Gasteiger partial charge in [0.1, 0.15) is 0 Å². The number of nitrogens with two attached hydrogens (primary N) is 1. The Morgan fingerprint density at radius 1 is 1.32 bits per heavy atom. The molecule has 0 saturated carbocycles. The fraction of sp³-hybridized carbons (Fsp3) is 0.364. The molecule has 0 aliphatic carbocycles. The molecule has 0 bridgehead atoms. The summed E-state index contributed by atoms with van der Waals surface area (Å²) in [5.74, 6) is -0.799. The molecular weight excluding hydrogens is 306 g/mol. The maximum Gasteiger partial charge on any atom is 0.389 e. The molecule has 1 aromatic carbocycles. The highest BCUT2D eigenvalue weighted by Gasteiger charge is 2.26. The Hall–Kier alpha value is -1.14. The topological polar surface area (TPSA) is 52.3 Å². The maximum absolute atomic E-state index is 11.9. The lowest BCUT2D eigenvalue weighted by Crippen LogP contribution is -2.11. The number of hydrogen-bond donors (Lipinski definition) is 1. The minimum atomic E-state index is -4.26. The van der Waals surface area contributed by atoms with E-state index in [1.54, 1.807) is 0 Å². The van der Waals surface area contributed by atoms with Crippen LogP contribution in [0.3, 0.4) is 0 Å². The summed E-state index contributed by atoms with van der Waals surface area (Å²) in [6.07, 6.45) is -5.57. The first-order chi connectivity index (χ1) is 8.70. The van der Waals surface area contributed by atoms with Crippen LogP contribution in [-0.4, -0.2) is 18.8 Å². The molecule has 0 aromatic heterocycles. The van der Waals surface area contributed by atoms with Crippen molar-refractivity contribution in [1.29, 1.82) is 0 Å². The minimum absolute atomic E-state index is 0.0407. The first-order valence-electron chi connectivity index (χ1n) is 5.19. The van der Waals surface area contributed by atoms with Gasteiger partial charge >= 0.3 is 12.1 Å². The summed E-state index contributed by atoms with van der Waals surface area (Å²) in [4.78, 5) is 11.5. The van der Waals surface area contributed by atoms with E-state index < -0.39 is 18.6 Å². The lowest BCUT2D eigenvalue weighted by atomic mass is 10.2. The highest BCUT2D eigenvalue weighted by molar-refractivity contribution is 6.43. The Morgan fingerprint density at radius 2 is 1.95 bits per heavy atom. The van der Waals surface area contributed by atoms with Crippen molar-refractivity contribution < 1.29 is 22.7 Å². The third kappa shape index (κ3) is 5.16. The van der Waals surface area contributed by atoms with Crippen LogP contribution in [0.4, 0.5) is 18.9 Å². The van der Waals surface area contributed by atoms with Gasteiger partial charge in [0, 0.05) is 6.42 Å². The molecule has 0 amide bonds. The molecule has 0 radical (unpaired) electrons. The minimum Gasteiger partial charge on any atom is -0.462 e. The first kappa shape index (κ1) is 15.9. The van der Waals surface area contributed by atoms with E-state index in [0.717, 1.165) is 0 Å².